The molecule has 12 heteroatoms. The van der Waals surface area contributed by atoms with Gasteiger partial charge < -0.3 is 19.5 Å². The number of nitrogens with zero attached hydrogens (tertiary/aromatic N) is 2. The summed E-state index contributed by atoms with van der Waals surface area (Å²) in [6.07, 6.45) is -5.11. The molecule has 2 aliphatic rings. The van der Waals surface area contributed by atoms with Crippen molar-refractivity contribution in [1.82, 2.24) is 9.21 Å². The number of methoxy groups -OCH3 is 1. The molecular formula is C18H25F3N2O6S. The number of aliphatic carboxylic acids is 1. The second kappa shape index (κ2) is 9.50. The zero-order valence-corrected chi connectivity index (χ0v) is 17.7. The predicted octanol–water partition coefficient (Wildman–Crippen LogP) is 1.59. The lowest BCUT2D eigenvalue weighted by atomic mass is 10.1. The molecule has 0 saturated carbocycles. The molecular weight excluding hydrogens is 429 g/mol. The zero-order valence-electron chi connectivity index (χ0n) is 16.8. The molecule has 1 N–H and O–H groups in total. The van der Waals surface area contributed by atoms with Crippen LogP contribution in [-0.4, -0.2) is 87.9 Å². The van der Waals surface area contributed by atoms with Gasteiger partial charge in [-0.1, -0.05) is 6.07 Å². The van der Waals surface area contributed by atoms with Crippen LogP contribution < -0.4 is 4.74 Å². The number of carboxylic acid groups (broad SMARTS) is 1. The molecule has 1 aromatic rings. The maximum absolute atomic E-state index is 13.0. The van der Waals surface area contributed by atoms with E-state index in [1.807, 2.05) is 14.0 Å². The smallest absolute Gasteiger partial charge is 0.490 e. The predicted molar refractivity (Wildman–Crippen MR) is 101 cm³/mol. The summed E-state index contributed by atoms with van der Waals surface area (Å²) in [6.45, 7) is 5.23. The quantitative estimate of drug-likeness (QED) is 0.741. The van der Waals surface area contributed by atoms with Crippen molar-refractivity contribution < 1.29 is 41.0 Å². The van der Waals surface area contributed by atoms with E-state index in [9.17, 15) is 21.6 Å². The molecule has 8 nitrogen and oxygen atoms in total. The van der Waals surface area contributed by atoms with Crippen molar-refractivity contribution in [2.24, 2.45) is 5.92 Å². The number of sulfonamides is 1. The van der Waals surface area contributed by atoms with E-state index in [0.29, 0.717) is 25.4 Å². The Morgan fingerprint density at radius 1 is 1.27 bits per heavy atom. The van der Waals surface area contributed by atoms with Crippen LogP contribution in [0.4, 0.5) is 13.2 Å². The monoisotopic (exact) mass is 454 g/mol. The molecule has 30 heavy (non-hydrogen) atoms. The van der Waals surface area contributed by atoms with Gasteiger partial charge in [0, 0.05) is 32.1 Å². The van der Waals surface area contributed by atoms with Crippen molar-refractivity contribution in [1.29, 1.82) is 0 Å². The SMILES string of the molecule is COc1cc(C)ccc1S(=O)(=O)N1C[C@@H]2CN(C)CCO[C@@H]2C1.O=C(O)C(F)(F)F. The Balaban J connectivity index is 0.000000396. The normalized spacial score (nSPS) is 23.1. The van der Waals surface area contributed by atoms with Gasteiger partial charge in [0.05, 0.1) is 19.8 Å². The van der Waals surface area contributed by atoms with Gasteiger partial charge in [-0.05, 0) is 31.7 Å². The van der Waals surface area contributed by atoms with Crippen molar-refractivity contribution in [3.05, 3.63) is 23.8 Å². The molecule has 2 heterocycles. The van der Waals surface area contributed by atoms with E-state index < -0.39 is 22.2 Å². The van der Waals surface area contributed by atoms with E-state index in [-0.39, 0.29) is 16.9 Å². The first kappa shape index (κ1) is 24.4. The standard InChI is InChI=1S/C16H24N2O4S.C2HF3O2/c1-12-4-5-16(14(8-12)21-3)23(19,20)18-10-13-9-17(2)6-7-22-15(13)11-18;3-2(4,5)1(6)7/h4-5,8,13,15H,6-7,9-11H2,1-3H3;(H,6,7)/t13-,15+;/m0./s1. The number of carboxylic acids is 1. The fourth-order valence-corrected chi connectivity index (χ4v) is 4.99. The van der Waals surface area contributed by atoms with E-state index in [1.165, 1.54) is 11.4 Å². The number of hydrogen-bond acceptors (Lipinski definition) is 6. The molecule has 0 aliphatic carbocycles. The molecule has 2 atom stereocenters. The number of fused-ring (bicyclic) bond motifs is 1. The molecule has 0 aromatic heterocycles. The van der Waals surface area contributed by atoms with Gasteiger partial charge in [-0.15, -0.1) is 0 Å². The highest BCUT2D eigenvalue weighted by molar-refractivity contribution is 7.89. The molecule has 2 aliphatic heterocycles. The van der Waals surface area contributed by atoms with Crippen LogP contribution in [0, 0.1) is 12.8 Å². The molecule has 1 aromatic carbocycles. The van der Waals surface area contributed by atoms with Crippen LogP contribution in [0.25, 0.3) is 0 Å². The largest absolute Gasteiger partial charge is 0.495 e. The molecule has 2 saturated heterocycles. The average Bonchev–Trinajstić information content (AvgIpc) is 2.96. The first-order valence-corrected chi connectivity index (χ1v) is 10.5. The van der Waals surface area contributed by atoms with E-state index in [1.54, 1.807) is 18.2 Å². The van der Waals surface area contributed by atoms with Gasteiger partial charge in [-0.25, -0.2) is 13.2 Å². The minimum absolute atomic E-state index is 0.0221. The first-order valence-electron chi connectivity index (χ1n) is 9.11. The van der Waals surface area contributed by atoms with E-state index >= 15 is 0 Å². The van der Waals surface area contributed by atoms with E-state index in [0.717, 1.165) is 18.7 Å². The summed E-state index contributed by atoms with van der Waals surface area (Å²) in [7, 11) is -0.0287. The first-order chi connectivity index (χ1) is 13.9. The molecule has 3 rings (SSSR count). The third kappa shape index (κ3) is 5.84. The van der Waals surface area contributed by atoms with E-state index in [2.05, 4.69) is 4.90 Å². The molecule has 0 amide bonds. The summed E-state index contributed by atoms with van der Waals surface area (Å²) in [6, 6.07) is 5.18. The summed E-state index contributed by atoms with van der Waals surface area (Å²) < 4.78 is 70.4. The fraction of sp³-hybridized carbons (Fsp3) is 0.611. The lowest BCUT2D eigenvalue weighted by molar-refractivity contribution is -0.192. The number of alkyl halides is 3. The summed E-state index contributed by atoms with van der Waals surface area (Å²) in [5, 5.41) is 7.12. The molecule has 0 bridgehead atoms. The third-order valence-electron chi connectivity index (χ3n) is 4.88. The van der Waals surface area contributed by atoms with Crippen LogP contribution >= 0.6 is 0 Å². The van der Waals surface area contributed by atoms with Crippen molar-refractivity contribution in [2.75, 3.05) is 46.9 Å². The Morgan fingerprint density at radius 2 is 1.90 bits per heavy atom. The number of halogens is 3. The van der Waals surface area contributed by atoms with E-state index in [4.69, 9.17) is 19.4 Å². The Bertz CT molecular complexity index is 862. The summed E-state index contributed by atoms with van der Waals surface area (Å²) in [5.74, 6) is -2.14. The van der Waals surface area contributed by atoms with Crippen molar-refractivity contribution in [2.45, 2.75) is 24.1 Å². The fourth-order valence-electron chi connectivity index (χ4n) is 3.34. The Labute approximate surface area is 173 Å². The van der Waals surface area contributed by atoms with Gasteiger partial charge in [0.25, 0.3) is 0 Å². The highest BCUT2D eigenvalue weighted by Gasteiger charge is 2.42. The van der Waals surface area contributed by atoms with Crippen LogP contribution in [0.3, 0.4) is 0 Å². The zero-order chi connectivity index (χ0) is 22.7. The minimum Gasteiger partial charge on any atom is -0.495 e. The van der Waals surface area contributed by atoms with Crippen LogP contribution in [0.2, 0.25) is 0 Å². The Hall–Kier alpha value is -1.89. The van der Waals surface area contributed by atoms with Gasteiger partial charge in [0.1, 0.15) is 10.6 Å². The second-order valence-corrected chi connectivity index (χ2v) is 9.12. The Kier molecular flexibility index (Phi) is 7.72. The van der Waals surface area contributed by atoms with Crippen molar-refractivity contribution >= 4 is 16.0 Å². The number of aryl methyl sites for hydroxylation is 1. The molecule has 170 valence electrons. The molecule has 2 fully saturated rings. The number of benzene rings is 1. The van der Waals surface area contributed by atoms with Gasteiger partial charge >= 0.3 is 12.1 Å². The summed E-state index contributed by atoms with van der Waals surface area (Å²) >= 11 is 0. The van der Waals surface area contributed by atoms with Crippen LogP contribution in [0.15, 0.2) is 23.1 Å². The summed E-state index contributed by atoms with van der Waals surface area (Å²) in [4.78, 5) is 11.3. The van der Waals surface area contributed by atoms with Crippen molar-refractivity contribution in [3.63, 3.8) is 0 Å². The minimum atomic E-state index is -5.08. The highest BCUT2D eigenvalue weighted by atomic mass is 32.2. The molecule has 0 radical (unpaired) electrons. The third-order valence-corrected chi connectivity index (χ3v) is 6.75. The highest BCUT2D eigenvalue weighted by Crippen LogP contribution is 2.32. The number of ether oxygens (including phenoxy) is 2. The number of likely N-dealkylation sites (N-methyl/N-ethyl adjacent to an activating group) is 1. The van der Waals surface area contributed by atoms with Gasteiger partial charge in [0.15, 0.2) is 0 Å². The van der Waals surface area contributed by atoms with Crippen molar-refractivity contribution in [3.8, 4) is 5.75 Å². The average molecular weight is 454 g/mol. The summed E-state index contributed by atoms with van der Waals surface area (Å²) in [5.41, 5.74) is 0.970. The maximum Gasteiger partial charge on any atom is 0.490 e. The number of carbonyl (C=O) groups is 1. The molecule has 0 spiro atoms. The lowest BCUT2D eigenvalue weighted by Crippen LogP contribution is -2.32. The maximum atomic E-state index is 13.0. The second-order valence-electron chi connectivity index (χ2n) is 7.21. The lowest BCUT2D eigenvalue weighted by Gasteiger charge is -2.20. The number of rotatable bonds is 3. The topological polar surface area (TPSA) is 96.4 Å². The van der Waals surface area contributed by atoms with Gasteiger partial charge in [-0.3, -0.25) is 0 Å². The van der Waals surface area contributed by atoms with Gasteiger partial charge in [-0.2, -0.15) is 17.5 Å². The van der Waals surface area contributed by atoms with Crippen LogP contribution in [0.1, 0.15) is 5.56 Å². The molecule has 0 unspecified atom stereocenters. The van der Waals surface area contributed by atoms with Crippen LogP contribution in [0.5, 0.6) is 5.75 Å². The van der Waals surface area contributed by atoms with Gasteiger partial charge in [0.2, 0.25) is 10.0 Å². The van der Waals surface area contributed by atoms with Crippen LogP contribution in [-0.2, 0) is 19.6 Å². The number of hydrogen-bond donors (Lipinski definition) is 1. The Morgan fingerprint density at radius 3 is 2.47 bits per heavy atom.